The van der Waals surface area contributed by atoms with E-state index in [0.29, 0.717) is 0 Å². The molecular formula is C17H14ClF3N2O3. The quantitative estimate of drug-likeness (QED) is 0.793. The van der Waals surface area contributed by atoms with E-state index in [1.54, 1.807) is 13.0 Å². The zero-order chi connectivity index (χ0) is 19.6. The summed E-state index contributed by atoms with van der Waals surface area (Å²) in [6.07, 6.45) is -4.73. The van der Waals surface area contributed by atoms with Crippen molar-refractivity contribution < 1.29 is 27.4 Å². The summed E-state index contributed by atoms with van der Waals surface area (Å²) >= 11 is 5.88. The highest BCUT2D eigenvalue weighted by atomic mass is 35.5. The van der Waals surface area contributed by atoms with Crippen molar-refractivity contribution in [1.29, 1.82) is 5.26 Å². The smallest absolute Gasteiger partial charge is 0.416 e. The number of hydrogen-bond donors (Lipinski definition) is 1. The molecule has 0 spiro atoms. The summed E-state index contributed by atoms with van der Waals surface area (Å²) in [4.78, 5) is 12.4. The van der Waals surface area contributed by atoms with Crippen molar-refractivity contribution in [1.82, 2.24) is 0 Å². The third-order valence-electron chi connectivity index (χ3n) is 3.73. The first-order valence-corrected chi connectivity index (χ1v) is 7.81. The van der Waals surface area contributed by atoms with Crippen LogP contribution in [0.3, 0.4) is 0 Å². The standard InChI is InChI=1S/C17H14ClF3N2O3/c1-3-25-16(24)13-8(2)26-15(23)11(7-22)14(13)10-6-9(18)4-5-12(10)17(19,20)21/h4-6,14H,3,23H2,1-2H3. The average Bonchev–Trinajstić information content (AvgIpc) is 2.53. The average molecular weight is 387 g/mol. The Balaban J connectivity index is 2.81. The molecule has 26 heavy (non-hydrogen) atoms. The molecule has 0 bridgehead atoms. The van der Waals surface area contributed by atoms with Gasteiger partial charge in [-0.1, -0.05) is 11.6 Å². The van der Waals surface area contributed by atoms with E-state index in [1.807, 2.05) is 0 Å². The zero-order valence-corrected chi connectivity index (χ0v) is 14.5. The Kier molecular flexibility index (Phi) is 5.52. The van der Waals surface area contributed by atoms with Crippen molar-refractivity contribution in [2.24, 2.45) is 5.73 Å². The molecule has 1 atom stereocenters. The third-order valence-corrected chi connectivity index (χ3v) is 3.97. The maximum Gasteiger partial charge on any atom is 0.416 e. The lowest BCUT2D eigenvalue weighted by Gasteiger charge is -2.28. The van der Waals surface area contributed by atoms with Gasteiger partial charge < -0.3 is 15.2 Å². The number of allylic oxidation sites excluding steroid dienone is 2. The summed E-state index contributed by atoms with van der Waals surface area (Å²) in [5.74, 6) is -2.74. The molecule has 1 aromatic carbocycles. The monoisotopic (exact) mass is 386 g/mol. The first-order chi connectivity index (χ1) is 12.1. The van der Waals surface area contributed by atoms with Crippen molar-refractivity contribution in [3.05, 3.63) is 57.1 Å². The van der Waals surface area contributed by atoms with Gasteiger partial charge in [-0.05, 0) is 37.6 Å². The maximum absolute atomic E-state index is 13.5. The lowest BCUT2D eigenvalue weighted by Crippen LogP contribution is -2.27. The van der Waals surface area contributed by atoms with E-state index in [9.17, 15) is 23.2 Å². The zero-order valence-electron chi connectivity index (χ0n) is 13.8. The van der Waals surface area contributed by atoms with Crippen molar-refractivity contribution in [2.75, 3.05) is 6.61 Å². The molecule has 1 aliphatic rings. The third kappa shape index (κ3) is 3.63. The van der Waals surface area contributed by atoms with Gasteiger partial charge in [-0.3, -0.25) is 0 Å². The number of carbonyl (C=O) groups is 1. The molecule has 1 aliphatic heterocycles. The van der Waals surface area contributed by atoms with E-state index in [-0.39, 0.29) is 40.0 Å². The van der Waals surface area contributed by atoms with Crippen molar-refractivity contribution in [3.63, 3.8) is 0 Å². The van der Waals surface area contributed by atoms with Crippen LogP contribution in [0.2, 0.25) is 5.02 Å². The molecule has 0 saturated heterocycles. The Morgan fingerprint density at radius 1 is 1.46 bits per heavy atom. The van der Waals surface area contributed by atoms with Gasteiger partial charge in [-0.15, -0.1) is 0 Å². The molecule has 5 nitrogen and oxygen atoms in total. The molecule has 0 amide bonds. The number of hydrogen-bond acceptors (Lipinski definition) is 5. The van der Waals surface area contributed by atoms with E-state index in [4.69, 9.17) is 26.8 Å². The number of benzene rings is 1. The number of carbonyl (C=O) groups excluding carboxylic acids is 1. The molecule has 0 radical (unpaired) electrons. The van der Waals surface area contributed by atoms with Gasteiger partial charge in [0, 0.05) is 5.02 Å². The molecule has 0 fully saturated rings. The number of alkyl halides is 3. The molecule has 1 unspecified atom stereocenters. The fraction of sp³-hybridized carbons (Fsp3) is 0.294. The first-order valence-electron chi connectivity index (χ1n) is 7.43. The van der Waals surface area contributed by atoms with Crippen LogP contribution in [-0.2, 0) is 20.4 Å². The molecule has 2 rings (SSSR count). The highest BCUT2D eigenvalue weighted by Gasteiger charge is 2.42. The lowest BCUT2D eigenvalue weighted by atomic mass is 9.81. The molecule has 2 N–H and O–H groups in total. The van der Waals surface area contributed by atoms with Crippen molar-refractivity contribution in [2.45, 2.75) is 25.9 Å². The highest BCUT2D eigenvalue weighted by Crippen LogP contribution is 2.45. The van der Waals surface area contributed by atoms with Crippen LogP contribution in [0.5, 0.6) is 0 Å². The van der Waals surface area contributed by atoms with Crippen molar-refractivity contribution >= 4 is 17.6 Å². The molecule has 1 heterocycles. The van der Waals surface area contributed by atoms with E-state index < -0.39 is 23.6 Å². The van der Waals surface area contributed by atoms with Gasteiger partial charge in [0.05, 0.1) is 23.7 Å². The predicted octanol–water partition coefficient (Wildman–Crippen LogP) is 4.00. The van der Waals surface area contributed by atoms with Crippen LogP contribution in [0.4, 0.5) is 13.2 Å². The second-order valence-electron chi connectivity index (χ2n) is 5.34. The topological polar surface area (TPSA) is 85.3 Å². The minimum absolute atomic E-state index is 0.00884. The Hall–Kier alpha value is -2.66. The minimum Gasteiger partial charge on any atom is -0.463 e. The molecule has 9 heteroatoms. The van der Waals surface area contributed by atoms with Gasteiger partial charge in [0.15, 0.2) is 0 Å². The predicted molar refractivity (Wildman–Crippen MR) is 86.4 cm³/mol. The Morgan fingerprint density at radius 3 is 2.65 bits per heavy atom. The number of halogens is 4. The van der Waals surface area contributed by atoms with Crippen LogP contribution in [0.1, 0.15) is 30.9 Å². The summed E-state index contributed by atoms with van der Waals surface area (Å²) in [7, 11) is 0. The second kappa shape index (κ2) is 7.30. The number of nitriles is 1. The minimum atomic E-state index is -4.73. The molecular weight excluding hydrogens is 373 g/mol. The first kappa shape index (κ1) is 19.7. The lowest BCUT2D eigenvalue weighted by molar-refractivity contribution is -0.140. The SMILES string of the molecule is CCOC(=O)C1=C(C)OC(N)=C(C#N)C1c1cc(Cl)ccc1C(F)(F)F. The summed E-state index contributed by atoms with van der Waals surface area (Å²) in [6.45, 7) is 2.89. The van der Waals surface area contributed by atoms with Gasteiger partial charge in [-0.25, -0.2) is 4.79 Å². The van der Waals surface area contributed by atoms with E-state index in [1.165, 1.54) is 6.92 Å². The number of nitrogens with two attached hydrogens (primary N) is 1. The molecule has 138 valence electrons. The maximum atomic E-state index is 13.5. The van der Waals surface area contributed by atoms with Gasteiger partial charge in [0.25, 0.3) is 0 Å². The number of nitrogens with zero attached hydrogens (tertiary/aromatic N) is 1. The van der Waals surface area contributed by atoms with Crippen LogP contribution in [-0.4, -0.2) is 12.6 Å². The van der Waals surface area contributed by atoms with Crippen LogP contribution in [0, 0.1) is 11.3 Å². The second-order valence-corrected chi connectivity index (χ2v) is 5.78. The fourth-order valence-corrected chi connectivity index (χ4v) is 2.88. The molecule has 0 aliphatic carbocycles. The Labute approximate surface area is 152 Å². The van der Waals surface area contributed by atoms with Crippen LogP contribution in [0.15, 0.2) is 41.0 Å². The van der Waals surface area contributed by atoms with Crippen molar-refractivity contribution in [3.8, 4) is 6.07 Å². The van der Waals surface area contributed by atoms with Gasteiger partial charge in [-0.2, -0.15) is 18.4 Å². The number of ether oxygens (including phenoxy) is 2. The number of esters is 1. The van der Waals surface area contributed by atoms with Gasteiger partial charge >= 0.3 is 12.1 Å². The van der Waals surface area contributed by atoms with Crippen LogP contribution >= 0.6 is 11.6 Å². The van der Waals surface area contributed by atoms with Gasteiger partial charge in [0.1, 0.15) is 17.4 Å². The highest BCUT2D eigenvalue weighted by molar-refractivity contribution is 6.30. The molecule has 0 saturated carbocycles. The normalized spacial score (nSPS) is 17.7. The molecule has 1 aromatic rings. The Morgan fingerprint density at radius 2 is 2.12 bits per heavy atom. The number of rotatable bonds is 3. The van der Waals surface area contributed by atoms with Gasteiger partial charge in [0.2, 0.25) is 5.88 Å². The summed E-state index contributed by atoms with van der Waals surface area (Å²) < 4.78 is 50.6. The van der Waals surface area contributed by atoms with Crippen LogP contribution < -0.4 is 5.73 Å². The largest absolute Gasteiger partial charge is 0.463 e. The van der Waals surface area contributed by atoms with E-state index in [2.05, 4.69) is 0 Å². The molecule has 0 aromatic heterocycles. The summed E-state index contributed by atoms with van der Waals surface area (Å²) in [5.41, 5.74) is 3.70. The Bertz CT molecular complexity index is 854. The van der Waals surface area contributed by atoms with Crippen LogP contribution in [0.25, 0.3) is 0 Å². The van der Waals surface area contributed by atoms with E-state index in [0.717, 1.165) is 18.2 Å². The van der Waals surface area contributed by atoms with E-state index >= 15 is 0 Å². The summed E-state index contributed by atoms with van der Waals surface area (Å²) in [5, 5.41) is 9.43. The fourth-order valence-electron chi connectivity index (χ4n) is 2.70. The summed E-state index contributed by atoms with van der Waals surface area (Å²) in [6, 6.07) is 4.64.